The van der Waals surface area contributed by atoms with Gasteiger partial charge in [-0.1, -0.05) is 0 Å². The van der Waals surface area contributed by atoms with Gasteiger partial charge in [-0.3, -0.25) is 0 Å². The normalized spacial score (nSPS) is 21.0. The van der Waals surface area contributed by atoms with Crippen LogP contribution < -0.4 is 5.73 Å². The summed E-state index contributed by atoms with van der Waals surface area (Å²) in [5, 5.41) is -0.411. The summed E-state index contributed by atoms with van der Waals surface area (Å²) in [6.45, 7) is 0. The van der Waals surface area contributed by atoms with E-state index < -0.39 is 30.6 Å². The van der Waals surface area contributed by atoms with Crippen LogP contribution in [0.1, 0.15) is 0 Å². The highest BCUT2D eigenvalue weighted by Crippen LogP contribution is 2.12. The number of allylic oxidation sites excluding steroid dienone is 1. The minimum absolute atomic E-state index is 0.0417. The molecule has 1 heterocycles. The molecule has 0 aliphatic carbocycles. The Morgan fingerprint density at radius 3 is 2.38 bits per heavy atom. The molecular formula is C5H8N2O4S2. The highest BCUT2D eigenvalue weighted by molar-refractivity contribution is 7.95. The first-order valence-corrected chi connectivity index (χ1v) is 6.69. The predicted molar refractivity (Wildman–Crippen MR) is 48.3 cm³/mol. The molecule has 0 spiro atoms. The van der Waals surface area contributed by atoms with Crippen LogP contribution in [-0.4, -0.2) is 34.6 Å². The van der Waals surface area contributed by atoms with E-state index >= 15 is 0 Å². The Labute approximate surface area is 76.1 Å². The lowest BCUT2D eigenvalue weighted by atomic mass is 10.4. The van der Waals surface area contributed by atoms with Crippen LogP contribution in [0.5, 0.6) is 0 Å². The number of nitrogens with zero attached hydrogens (tertiary/aromatic N) is 1. The lowest BCUT2D eigenvalue weighted by Gasteiger charge is -1.91. The van der Waals surface area contributed by atoms with E-state index in [1.807, 2.05) is 0 Å². The van der Waals surface area contributed by atoms with Gasteiger partial charge in [0.15, 0.2) is 14.9 Å². The van der Waals surface area contributed by atoms with Crippen molar-refractivity contribution in [2.24, 2.45) is 10.1 Å². The van der Waals surface area contributed by atoms with E-state index in [-0.39, 0.29) is 5.71 Å². The molecule has 74 valence electrons. The maximum atomic E-state index is 10.9. The highest BCUT2D eigenvalue weighted by atomic mass is 32.2. The maximum absolute atomic E-state index is 10.9. The van der Waals surface area contributed by atoms with Crippen LogP contribution in [0.4, 0.5) is 0 Å². The first kappa shape index (κ1) is 10.2. The second-order valence-electron chi connectivity index (χ2n) is 2.67. The Balaban J connectivity index is 3.04. The van der Waals surface area contributed by atoms with Gasteiger partial charge in [0.2, 0.25) is 0 Å². The van der Waals surface area contributed by atoms with Gasteiger partial charge in [-0.15, -0.1) is 0 Å². The molecule has 2 N–H and O–H groups in total. The van der Waals surface area contributed by atoms with Gasteiger partial charge in [0.1, 0.15) is 0 Å². The van der Waals surface area contributed by atoms with Gasteiger partial charge in [-0.25, -0.2) is 8.42 Å². The van der Waals surface area contributed by atoms with E-state index in [4.69, 9.17) is 5.73 Å². The van der Waals surface area contributed by atoms with Gasteiger partial charge >= 0.3 is 0 Å². The van der Waals surface area contributed by atoms with Crippen molar-refractivity contribution in [3.05, 3.63) is 11.1 Å². The summed E-state index contributed by atoms with van der Waals surface area (Å²) >= 11 is 0. The van der Waals surface area contributed by atoms with Gasteiger partial charge in [0, 0.05) is 6.26 Å². The topological polar surface area (TPSA) is 107 Å². The predicted octanol–water partition coefficient (Wildman–Crippen LogP) is -1.38. The number of sulfonamides is 1. The van der Waals surface area contributed by atoms with Crippen LogP contribution in [0.25, 0.3) is 0 Å². The summed E-state index contributed by atoms with van der Waals surface area (Å²) in [5.41, 5.74) is 5.04. The average Bonchev–Trinajstić information content (AvgIpc) is 2.01. The van der Waals surface area contributed by atoms with E-state index in [1.165, 1.54) is 0 Å². The van der Waals surface area contributed by atoms with E-state index in [0.29, 0.717) is 0 Å². The molecule has 0 aromatic heterocycles. The van der Waals surface area contributed by atoms with E-state index in [2.05, 4.69) is 4.40 Å². The van der Waals surface area contributed by atoms with E-state index in [9.17, 15) is 16.8 Å². The highest BCUT2D eigenvalue weighted by Gasteiger charge is 2.23. The zero-order valence-corrected chi connectivity index (χ0v) is 8.39. The van der Waals surface area contributed by atoms with Crippen molar-refractivity contribution in [1.29, 1.82) is 0 Å². The summed E-state index contributed by atoms with van der Waals surface area (Å²) in [6, 6.07) is 0. The molecule has 0 unspecified atom stereocenters. The molecule has 0 saturated heterocycles. The molecule has 1 rings (SSSR count). The molecule has 13 heavy (non-hydrogen) atoms. The summed E-state index contributed by atoms with van der Waals surface area (Å²) in [5.74, 6) is -0.410. The minimum atomic E-state index is -3.78. The van der Waals surface area contributed by atoms with Gasteiger partial charge < -0.3 is 5.73 Å². The fourth-order valence-corrected chi connectivity index (χ4v) is 2.39. The van der Waals surface area contributed by atoms with Crippen molar-refractivity contribution < 1.29 is 16.8 Å². The molecule has 6 nitrogen and oxygen atoms in total. The molecule has 0 fully saturated rings. The van der Waals surface area contributed by atoms with Crippen molar-refractivity contribution in [3.8, 4) is 0 Å². The van der Waals surface area contributed by atoms with Gasteiger partial charge in [-0.2, -0.15) is 12.8 Å². The van der Waals surface area contributed by atoms with Crippen LogP contribution in [0.15, 0.2) is 15.5 Å². The van der Waals surface area contributed by atoms with Crippen LogP contribution in [0.2, 0.25) is 0 Å². The van der Waals surface area contributed by atoms with Crippen molar-refractivity contribution >= 4 is 25.6 Å². The quantitative estimate of drug-likeness (QED) is 0.621. The standard InChI is InChI=1S/C5H8N2O4S2/c1-12(8,9)3-4-2-5(6)13(10,11)7-4/h2H,3,6H2,1H3. The minimum Gasteiger partial charge on any atom is -0.388 e. The van der Waals surface area contributed by atoms with E-state index in [1.54, 1.807) is 0 Å². The maximum Gasteiger partial charge on any atom is 0.297 e. The van der Waals surface area contributed by atoms with E-state index in [0.717, 1.165) is 12.3 Å². The molecule has 0 aromatic carbocycles. The first-order valence-electron chi connectivity index (χ1n) is 3.19. The summed E-state index contributed by atoms with van der Waals surface area (Å²) in [6.07, 6.45) is 2.04. The molecule has 0 radical (unpaired) electrons. The fraction of sp³-hybridized carbons (Fsp3) is 0.400. The largest absolute Gasteiger partial charge is 0.388 e. The Morgan fingerprint density at radius 2 is 2.08 bits per heavy atom. The molecule has 0 amide bonds. The third kappa shape index (κ3) is 2.52. The average molecular weight is 224 g/mol. The molecule has 0 aromatic rings. The molecule has 8 heteroatoms. The van der Waals surface area contributed by atoms with Crippen LogP contribution in [0.3, 0.4) is 0 Å². The van der Waals surface area contributed by atoms with Gasteiger partial charge in [0.05, 0.1) is 11.5 Å². The third-order valence-electron chi connectivity index (χ3n) is 1.25. The SMILES string of the molecule is CS(=O)(=O)CC1=NS(=O)(=O)C(N)=C1. The number of hydrogen-bond acceptors (Lipinski definition) is 5. The molecule has 1 aliphatic heterocycles. The molecule has 0 atom stereocenters. The Bertz CT molecular complexity index is 483. The summed E-state index contributed by atoms with van der Waals surface area (Å²) in [7, 11) is -7.06. The molecule has 0 saturated carbocycles. The van der Waals surface area contributed by atoms with Crippen LogP contribution in [-0.2, 0) is 19.9 Å². The van der Waals surface area contributed by atoms with Gasteiger partial charge in [0.25, 0.3) is 10.0 Å². The monoisotopic (exact) mass is 224 g/mol. The van der Waals surface area contributed by atoms with Crippen molar-refractivity contribution in [2.75, 3.05) is 12.0 Å². The van der Waals surface area contributed by atoms with Crippen molar-refractivity contribution in [1.82, 2.24) is 0 Å². The van der Waals surface area contributed by atoms with Crippen LogP contribution in [0, 0.1) is 0 Å². The summed E-state index contributed by atoms with van der Waals surface area (Å²) < 4.78 is 46.5. The lowest BCUT2D eigenvalue weighted by molar-refractivity contribution is 0.604. The summed E-state index contributed by atoms with van der Waals surface area (Å²) in [4.78, 5) is 0. The lowest BCUT2D eigenvalue weighted by Crippen LogP contribution is -2.11. The zero-order chi connectivity index (χ0) is 10.3. The number of nitrogens with two attached hydrogens (primary N) is 1. The van der Waals surface area contributed by atoms with Gasteiger partial charge in [-0.05, 0) is 6.08 Å². The zero-order valence-electron chi connectivity index (χ0n) is 6.76. The number of hydrogen-bond donors (Lipinski definition) is 1. The fourth-order valence-electron chi connectivity index (χ4n) is 0.809. The smallest absolute Gasteiger partial charge is 0.297 e. The Hall–Kier alpha value is -0.890. The number of rotatable bonds is 2. The second kappa shape index (κ2) is 2.81. The Kier molecular flexibility index (Phi) is 2.20. The Morgan fingerprint density at radius 1 is 1.54 bits per heavy atom. The van der Waals surface area contributed by atoms with Crippen LogP contribution >= 0.6 is 0 Å². The molecular weight excluding hydrogens is 216 g/mol. The molecule has 0 bridgehead atoms. The van der Waals surface area contributed by atoms with Crippen molar-refractivity contribution in [3.63, 3.8) is 0 Å². The second-order valence-corrected chi connectivity index (χ2v) is 6.42. The third-order valence-corrected chi connectivity index (χ3v) is 3.26. The number of sulfone groups is 1. The van der Waals surface area contributed by atoms with Crippen molar-refractivity contribution in [2.45, 2.75) is 0 Å². The first-order chi connectivity index (χ1) is 5.71. The molecule has 1 aliphatic rings.